The van der Waals surface area contributed by atoms with Crippen molar-refractivity contribution in [3.63, 3.8) is 0 Å². The maximum atomic E-state index is 12.8. The van der Waals surface area contributed by atoms with E-state index in [9.17, 15) is 4.79 Å². The number of fused-ring (bicyclic) bond motifs is 1. The molecule has 0 bridgehead atoms. The molecule has 0 spiro atoms. The lowest BCUT2D eigenvalue weighted by molar-refractivity contribution is -0.135. The second kappa shape index (κ2) is 6.02. The fraction of sp³-hybridized carbons (Fsp3) is 0.562. The Balaban J connectivity index is 1.42. The van der Waals surface area contributed by atoms with Gasteiger partial charge in [-0.15, -0.1) is 11.3 Å². The van der Waals surface area contributed by atoms with E-state index in [1.807, 2.05) is 22.3 Å². The van der Waals surface area contributed by atoms with Gasteiger partial charge in [-0.05, 0) is 30.2 Å². The van der Waals surface area contributed by atoms with Gasteiger partial charge < -0.3 is 14.6 Å². The fourth-order valence-electron chi connectivity index (χ4n) is 3.47. The first-order chi connectivity index (χ1) is 10.8. The summed E-state index contributed by atoms with van der Waals surface area (Å²) in [5.74, 6) is 0.789. The van der Waals surface area contributed by atoms with Gasteiger partial charge in [-0.25, -0.2) is 5.43 Å². The second-order valence-electron chi connectivity index (χ2n) is 6.20. The van der Waals surface area contributed by atoms with Crippen LogP contribution in [0.5, 0.6) is 0 Å². The molecular formula is C16H21N3O2S. The van der Waals surface area contributed by atoms with Crippen molar-refractivity contribution < 1.29 is 9.53 Å². The number of hydrazine groups is 1. The molecule has 0 radical (unpaired) electrons. The molecule has 3 aliphatic heterocycles. The quantitative estimate of drug-likeness (QED) is 0.927. The first-order valence-electron chi connectivity index (χ1n) is 7.96. The normalized spacial score (nSPS) is 29.2. The zero-order chi connectivity index (χ0) is 14.9. The zero-order valence-electron chi connectivity index (χ0n) is 12.5. The van der Waals surface area contributed by atoms with Crippen LogP contribution in [0.3, 0.4) is 0 Å². The van der Waals surface area contributed by atoms with E-state index in [-0.39, 0.29) is 18.0 Å². The third kappa shape index (κ3) is 2.66. The lowest BCUT2D eigenvalue weighted by Gasteiger charge is -2.34. The van der Waals surface area contributed by atoms with Gasteiger partial charge in [0.05, 0.1) is 6.04 Å². The van der Waals surface area contributed by atoms with Crippen molar-refractivity contribution >= 4 is 17.2 Å². The van der Waals surface area contributed by atoms with E-state index in [4.69, 9.17) is 4.74 Å². The number of ether oxygens (including phenoxy) is 1. The summed E-state index contributed by atoms with van der Waals surface area (Å²) >= 11 is 1.74. The van der Waals surface area contributed by atoms with Gasteiger partial charge in [-0.3, -0.25) is 4.79 Å². The molecular weight excluding hydrogens is 298 g/mol. The molecule has 1 aromatic rings. The van der Waals surface area contributed by atoms with Gasteiger partial charge in [0.15, 0.2) is 0 Å². The summed E-state index contributed by atoms with van der Waals surface area (Å²) in [6, 6.07) is 4.38. The maximum Gasteiger partial charge on any atom is 0.250 e. The maximum absolute atomic E-state index is 12.8. The van der Waals surface area contributed by atoms with E-state index in [1.54, 1.807) is 11.3 Å². The lowest BCUT2D eigenvalue weighted by Crippen LogP contribution is -2.49. The minimum Gasteiger partial charge on any atom is -0.381 e. The van der Waals surface area contributed by atoms with Gasteiger partial charge in [0.25, 0.3) is 5.91 Å². The molecule has 2 fully saturated rings. The fourth-order valence-corrected chi connectivity index (χ4v) is 4.26. The first-order valence-corrected chi connectivity index (χ1v) is 8.83. The molecule has 0 saturated carbocycles. The highest BCUT2D eigenvalue weighted by Gasteiger charge is 2.40. The molecule has 5 nitrogen and oxygen atoms in total. The van der Waals surface area contributed by atoms with Crippen molar-refractivity contribution in [3.05, 3.63) is 34.8 Å². The van der Waals surface area contributed by atoms with Crippen molar-refractivity contribution in [2.75, 3.05) is 19.8 Å². The summed E-state index contributed by atoms with van der Waals surface area (Å²) in [6.45, 7) is 2.48. The SMILES string of the molecule is O=C1C2CC(c3cccs3)NN2C=CN1CC1CCOCC1. The van der Waals surface area contributed by atoms with Crippen LogP contribution in [-0.4, -0.2) is 41.6 Å². The Labute approximate surface area is 134 Å². The predicted molar refractivity (Wildman–Crippen MR) is 84.8 cm³/mol. The molecule has 3 aliphatic rings. The number of nitrogens with zero attached hydrogens (tertiary/aromatic N) is 2. The van der Waals surface area contributed by atoms with Gasteiger partial charge in [0.2, 0.25) is 0 Å². The number of carbonyl (C=O) groups excluding carboxylic acids is 1. The highest BCUT2D eigenvalue weighted by Crippen LogP contribution is 2.33. The second-order valence-corrected chi connectivity index (χ2v) is 7.18. The summed E-state index contributed by atoms with van der Waals surface area (Å²) in [5.41, 5.74) is 3.44. The molecule has 2 unspecified atom stereocenters. The van der Waals surface area contributed by atoms with Gasteiger partial charge in [-0.2, -0.15) is 0 Å². The van der Waals surface area contributed by atoms with Gasteiger partial charge in [0.1, 0.15) is 6.04 Å². The van der Waals surface area contributed by atoms with Crippen LogP contribution in [0.25, 0.3) is 0 Å². The number of rotatable bonds is 3. The third-order valence-electron chi connectivity index (χ3n) is 4.76. The Hall–Kier alpha value is -1.37. The Morgan fingerprint density at radius 3 is 2.95 bits per heavy atom. The molecule has 118 valence electrons. The molecule has 0 aromatic carbocycles. The summed E-state index contributed by atoms with van der Waals surface area (Å²) in [4.78, 5) is 16.0. The Kier molecular flexibility index (Phi) is 3.90. The average molecular weight is 319 g/mol. The van der Waals surface area contributed by atoms with E-state index in [0.717, 1.165) is 39.0 Å². The number of nitrogens with one attached hydrogen (secondary N) is 1. The number of hydrogen-bond donors (Lipinski definition) is 1. The van der Waals surface area contributed by atoms with Crippen molar-refractivity contribution in [2.45, 2.75) is 31.3 Å². The van der Waals surface area contributed by atoms with Crippen LogP contribution in [0.4, 0.5) is 0 Å². The van der Waals surface area contributed by atoms with Crippen molar-refractivity contribution in [1.82, 2.24) is 15.3 Å². The number of thiophene rings is 1. The summed E-state index contributed by atoms with van der Waals surface area (Å²) in [6.07, 6.45) is 6.90. The topological polar surface area (TPSA) is 44.8 Å². The Bertz CT molecular complexity index is 554. The van der Waals surface area contributed by atoms with Crippen LogP contribution in [0.1, 0.15) is 30.2 Å². The van der Waals surface area contributed by atoms with Crippen LogP contribution in [0.15, 0.2) is 29.9 Å². The number of hydrogen-bond acceptors (Lipinski definition) is 5. The van der Waals surface area contributed by atoms with E-state index in [2.05, 4.69) is 22.9 Å². The largest absolute Gasteiger partial charge is 0.381 e. The summed E-state index contributed by atoms with van der Waals surface area (Å²) < 4.78 is 5.40. The molecule has 22 heavy (non-hydrogen) atoms. The van der Waals surface area contributed by atoms with E-state index in [1.165, 1.54) is 4.88 Å². The smallest absolute Gasteiger partial charge is 0.250 e. The van der Waals surface area contributed by atoms with Crippen molar-refractivity contribution in [2.24, 2.45) is 5.92 Å². The van der Waals surface area contributed by atoms with E-state index >= 15 is 0 Å². The Morgan fingerprint density at radius 1 is 1.32 bits per heavy atom. The minimum absolute atomic E-state index is 0.0723. The minimum atomic E-state index is -0.0723. The van der Waals surface area contributed by atoms with Crippen LogP contribution in [0, 0.1) is 5.92 Å². The highest BCUT2D eigenvalue weighted by atomic mass is 32.1. The number of carbonyl (C=O) groups is 1. The van der Waals surface area contributed by atoms with Gasteiger partial charge in [-0.1, -0.05) is 6.07 Å². The molecule has 4 rings (SSSR count). The molecule has 4 heterocycles. The zero-order valence-corrected chi connectivity index (χ0v) is 13.3. The molecule has 6 heteroatoms. The monoisotopic (exact) mass is 319 g/mol. The van der Waals surface area contributed by atoms with Crippen LogP contribution >= 0.6 is 11.3 Å². The molecule has 2 saturated heterocycles. The van der Waals surface area contributed by atoms with E-state index in [0.29, 0.717) is 5.92 Å². The van der Waals surface area contributed by atoms with Crippen LogP contribution in [0.2, 0.25) is 0 Å². The molecule has 1 amide bonds. The predicted octanol–water partition coefficient (Wildman–Crippen LogP) is 2.11. The summed E-state index contributed by atoms with van der Waals surface area (Å²) in [7, 11) is 0. The van der Waals surface area contributed by atoms with Crippen LogP contribution in [-0.2, 0) is 9.53 Å². The van der Waals surface area contributed by atoms with Gasteiger partial charge >= 0.3 is 0 Å². The molecule has 0 aliphatic carbocycles. The average Bonchev–Trinajstić information content (AvgIpc) is 3.20. The standard InChI is InChI=1S/C16H21N3O2S/c20-16-14-10-13(15-2-1-9-22-15)17-19(14)6-5-18(16)11-12-3-7-21-8-4-12/h1-2,5-6,9,12-14,17H,3-4,7-8,10-11H2. The Morgan fingerprint density at radius 2 is 2.18 bits per heavy atom. The van der Waals surface area contributed by atoms with E-state index < -0.39 is 0 Å². The molecule has 2 atom stereocenters. The van der Waals surface area contributed by atoms with Gasteiger partial charge in [0, 0.05) is 43.5 Å². The van der Waals surface area contributed by atoms with Crippen molar-refractivity contribution in [3.8, 4) is 0 Å². The molecule has 1 aromatic heterocycles. The molecule has 1 N–H and O–H groups in total. The first kappa shape index (κ1) is 14.2. The van der Waals surface area contributed by atoms with Crippen LogP contribution < -0.4 is 5.43 Å². The lowest BCUT2D eigenvalue weighted by atomic mass is 9.98. The third-order valence-corrected chi connectivity index (χ3v) is 5.74. The van der Waals surface area contributed by atoms with Crippen molar-refractivity contribution in [1.29, 1.82) is 0 Å². The highest BCUT2D eigenvalue weighted by molar-refractivity contribution is 7.10. The summed E-state index contributed by atoms with van der Waals surface area (Å²) in [5, 5.41) is 4.07. The number of amides is 1.